The van der Waals surface area contributed by atoms with E-state index in [9.17, 15) is 4.79 Å². The van der Waals surface area contributed by atoms with E-state index >= 15 is 0 Å². The highest BCUT2D eigenvalue weighted by atomic mass is 32.1. The van der Waals surface area contributed by atoms with Gasteiger partial charge in [0.1, 0.15) is 6.61 Å². The molecule has 1 amide bonds. The third kappa shape index (κ3) is 4.19. The highest BCUT2D eigenvalue weighted by molar-refractivity contribution is 7.15. The van der Waals surface area contributed by atoms with Gasteiger partial charge in [0.25, 0.3) is 0 Å². The molecule has 0 aliphatic carbocycles. The number of aliphatic hydroxyl groups is 1. The topological polar surface area (TPSA) is 77.5 Å². The Morgan fingerprint density at radius 2 is 2.09 bits per heavy atom. The lowest BCUT2D eigenvalue weighted by molar-refractivity contribution is -0.118. The van der Waals surface area contributed by atoms with Crippen molar-refractivity contribution in [1.82, 2.24) is 4.98 Å². The minimum Gasteiger partial charge on any atom is -0.387 e. The molecule has 0 aliphatic rings. The smallest absolute Gasteiger partial charge is 0.250 e. The van der Waals surface area contributed by atoms with Crippen LogP contribution in [0.3, 0.4) is 0 Å². The number of nitrogens with zero attached hydrogens (tertiary/aromatic N) is 2. The summed E-state index contributed by atoms with van der Waals surface area (Å²) in [5, 5.41) is 15.7. The zero-order valence-electron chi connectivity index (χ0n) is 12.9. The van der Waals surface area contributed by atoms with Crippen LogP contribution in [0.5, 0.6) is 0 Å². The summed E-state index contributed by atoms with van der Waals surface area (Å²) in [7, 11) is 3.95. The Morgan fingerprint density at radius 1 is 1.36 bits per heavy atom. The van der Waals surface area contributed by atoms with Gasteiger partial charge in [0.05, 0.1) is 12.2 Å². The normalized spacial score (nSPS) is 10.4. The van der Waals surface area contributed by atoms with E-state index < -0.39 is 12.5 Å². The molecule has 7 heteroatoms. The molecule has 118 valence electrons. The summed E-state index contributed by atoms with van der Waals surface area (Å²) in [4.78, 5) is 18.9. The van der Waals surface area contributed by atoms with Crippen LogP contribution in [-0.4, -0.2) is 36.7 Å². The summed E-state index contributed by atoms with van der Waals surface area (Å²) in [5.41, 5.74) is 2.57. The number of carbonyl (C=O) groups is 1. The highest BCUT2D eigenvalue weighted by Gasteiger charge is 2.09. The second-order valence-corrected chi connectivity index (χ2v) is 6.10. The minimum absolute atomic E-state index is 0.425. The third-order valence-corrected chi connectivity index (χ3v) is 4.33. The van der Waals surface area contributed by atoms with E-state index in [0.717, 1.165) is 16.5 Å². The summed E-state index contributed by atoms with van der Waals surface area (Å²) < 4.78 is 0. The quantitative estimate of drug-likeness (QED) is 0.759. The fraction of sp³-hybridized carbons (Fsp3) is 0.333. The molecule has 0 saturated heterocycles. The zero-order valence-corrected chi connectivity index (χ0v) is 13.7. The van der Waals surface area contributed by atoms with E-state index in [1.165, 1.54) is 4.88 Å². The SMILES string of the molecule is Cc1nc(N(C)C)sc1CNc1cccc(NC(=O)CO)c1. The van der Waals surface area contributed by atoms with Crippen molar-refractivity contribution in [3.8, 4) is 0 Å². The average molecular weight is 320 g/mol. The molecule has 0 radical (unpaired) electrons. The maximum Gasteiger partial charge on any atom is 0.250 e. The van der Waals surface area contributed by atoms with Gasteiger partial charge in [-0.1, -0.05) is 17.4 Å². The lowest BCUT2D eigenvalue weighted by Crippen LogP contribution is -2.15. The van der Waals surface area contributed by atoms with Gasteiger partial charge >= 0.3 is 0 Å². The lowest BCUT2D eigenvalue weighted by Gasteiger charge is -2.08. The van der Waals surface area contributed by atoms with Crippen molar-refractivity contribution in [1.29, 1.82) is 0 Å². The first-order chi connectivity index (χ1) is 10.5. The van der Waals surface area contributed by atoms with E-state index in [0.29, 0.717) is 12.2 Å². The molecule has 0 unspecified atom stereocenters. The monoisotopic (exact) mass is 320 g/mol. The number of aryl methyl sites for hydroxylation is 1. The molecule has 0 spiro atoms. The molecule has 1 aromatic heterocycles. The van der Waals surface area contributed by atoms with Crippen LogP contribution in [0.25, 0.3) is 0 Å². The van der Waals surface area contributed by atoms with Crippen LogP contribution in [0.15, 0.2) is 24.3 Å². The Labute approximate surface area is 133 Å². The van der Waals surface area contributed by atoms with E-state index in [1.54, 1.807) is 17.4 Å². The summed E-state index contributed by atoms with van der Waals surface area (Å²) in [6.07, 6.45) is 0. The van der Waals surface area contributed by atoms with Crippen molar-refractivity contribution in [2.75, 3.05) is 36.2 Å². The molecule has 2 rings (SSSR count). The minimum atomic E-state index is -0.523. The Bertz CT molecular complexity index is 655. The van der Waals surface area contributed by atoms with Crippen molar-refractivity contribution in [3.63, 3.8) is 0 Å². The Kier molecular flexibility index (Phi) is 5.35. The van der Waals surface area contributed by atoms with Gasteiger partial charge in [-0.25, -0.2) is 4.98 Å². The van der Waals surface area contributed by atoms with E-state index in [2.05, 4.69) is 15.6 Å². The number of carbonyl (C=O) groups excluding carboxylic acids is 1. The molecule has 1 aromatic carbocycles. The maximum atomic E-state index is 11.2. The van der Waals surface area contributed by atoms with Gasteiger partial charge in [0, 0.05) is 30.3 Å². The molecule has 1 heterocycles. The van der Waals surface area contributed by atoms with Crippen molar-refractivity contribution < 1.29 is 9.90 Å². The van der Waals surface area contributed by atoms with Crippen molar-refractivity contribution in [2.45, 2.75) is 13.5 Å². The number of amides is 1. The second kappa shape index (κ2) is 7.24. The first kappa shape index (κ1) is 16.3. The van der Waals surface area contributed by atoms with Crippen LogP contribution in [-0.2, 0) is 11.3 Å². The molecular weight excluding hydrogens is 300 g/mol. The standard InChI is InChI=1S/C15H20N4O2S/c1-10-13(22-15(17-10)19(2)3)8-16-11-5-4-6-12(7-11)18-14(21)9-20/h4-7,16,20H,8-9H2,1-3H3,(H,18,21). The van der Waals surface area contributed by atoms with Crippen molar-refractivity contribution in [3.05, 3.63) is 34.8 Å². The fourth-order valence-electron chi connectivity index (χ4n) is 1.86. The molecular formula is C15H20N4O2S. The van der Waals surface area contributed by atoms with Gasteiger partial charge in [0.2, 0.25) is 5.91 Å². The highest BCUT2D eigenvalue weighted by Crippen LogP contribution is 2.25. The summed E-state index contributed by atoms with van der Waals surface area (Å²) in [5.74, 6) is -0.425. The predicted octanol–water partition coefficient (Wildman–Crippen LogP) is 2.06. The number of rotatable bonds is 6. The van der Waals surface area contributed by atoms with Crippen molar-refractivity contribution in [2.24, 2.45) is 0 Å². The maximum absolute atomic E-state index is 11.2. The zero-order chi connectivity index (χ0) is 16.1. The number of aliphatic hydroxyl groups excluding tert-OH is 1. The first-order valence-corrected chi connectivity index (χ1v) is 7.69. The van der Waals surface area contributed by atoms with E-state index in [-0.39, 0.29) is 0 Å². The number of anilines is 3. The van der Waals surface area contributed by atoms with Crippen LogP contribution < -0.4 is 15.5 Å². The molecule has 0 atom stereocenters. The lowest BCUT2D eigenvalue weighted by atomic mass is 10.2. The van der Waals surface area contributed by atoms with Crippen LogP contribution in [0.1, 0.15) is 10.6 Å². The van der Waals surface area contributed by atoms with Gasteiger partial charge in [-0.05, 0) is 25.1 Å². The van der Waals surface area contributed by atoms with Gasteiger partial charge in [-0.3, -0.25) is 4.79 Å². The van der Waals surface area contributed by atoms with Crippen LogP contribution in [0, 0.1) is 6.92 Å². The number of hydrogen-bond donors (Lipinski definition) is 3. The Morgan fingerprint density at radius 3 is 2.73 bits per heavy atom. The second-order valence-electron chi connectivity index (χ2n) is 5.04. The number of aromatic nitrogens is 1. The van der Waals surface area contributed by atoms with E-state index in [1.807, 2.05) is 44.1 Å². The first-order valence-electron chi connectivity index (χ1n) is 6.88. The Hall–Kier alpha value is -2.12. The van der Waals surface area contributed by atoms with Gasteiger partial charge in [-0.15, -0.1) is 0 Å². The number of hydrogen-bond acceptors (Lipinski definition) is 6. The molecule has 22 heavy (non-hydrogen) atoms. The molecule has 0 saturated carbocycles. The van der Waals surface area contributed by atoms with Crippen molar-refractivity contribution >= 4 is 33.8 Å². The average Bonchev–Trinajstić information content (AvgIpc) is 2.87. The molecule has 6 nitrogen and oxygen atoms in total. The van der Waals surface area contributed by atoms with Gasteiger partial charge < -0.3 is 20.6 Å². The molecule has 0 fully saturated rings. The van der Waals surface area contributed by atoms with Gasteiger partial charge in [-0.2, -0.15) is 0 Å². The largest absolute Gasteiger partial charge is 0.387 e. The van der Waals surface area contributed by atoms with Crippen LogP contribution in [0.4, 0.5) is 16.5 Å². The summed E-state index contributed by atoms with van der Waals surface area (Å²) >= 11 is 1.65. The third-order valence-electron chi connectivity index (χ3n) is 3.01. The Balaban J connectivity index is 2.02. The molecule has 3 N–H and O–H groups in total. The number of benzene rings is 1. The number of nitrogens with one attached hydrogen (secondary N) is 2. The molecule has 0 aliphatic heterocycles. The van der Waals surface area contributed by atoms with Crippen LogP contribution >= 0.6 is 11.3 Å². The van der Waals surface area contributed by atoms with Gasteiger partial charge in [0.15, 0.2) is 5.13 Å². The fourth-order valence-corrected chi connectivity index (χ4v) is 2.78. The molecule has 2 aromatic rings. The van der Waals surface area contributed by atoms with Crippen LogP contribution in [0.2, 0.25) is 0 Å². The summed E-state index contributed by atoms with van der Waals surface area (Å²) in [6, 6.07) is 7.38. The summed E-state index contributed by atoms with van der Waals surface area (Å²) in [6.45, 7) is 2.15. The predicted molar refractivity (Wildman–Crippen MR) is 90.7 cm³/mol. The van der Waals surface area contributed by atoms with E-state index in [4.69, 9.17) is 5.11 Å². The molecule has 0 bridgehead atoms. The number of thiazole rings is 1.